The Kier molecular flexibility index (Phi) is 7.66. The molecule has 0 aliphatic carbocycles. The number of hydrogen-bond acceptors (Lipinski definition) is 3. The number of nitrogens with one attached hydrogen (secondary N) is 1. The molecule has 0 unspecified atom stereocenters. The Hall–Kier alpha value is -0.650. The molecule has 0 saturated heterocycles. The van der Waals surface area contributed by atoms with Gasteiger partial charge in [0.05, 0.1) is 29.2 Å². The number of carbonyl (C=O) groups is 1. The number of amides is 1. The third kappa shape index (κ3) is 5.54. The first-order valence-electron chi connectivity index (χ1n) is 7.77. The van der Waals surface area contributed by atoms with E-state index in [1.165, 1.54) is 18.2 Å². The first kappa shape index (κ1) is 23.0. The number of ether oxygens (including phenoxy) is 1. The van der Waals surface area contributed by atoms with E-state index in [9.17, 15) is 9.90 Å². The van der Waals surface area contributed by atoms with Crippen molar-refractivity contribution in [2.24, 2.45) is 0 Å². The average molecular weight is 695 g/mol. The van der Waals surface area contributed by atoms with Crippen LogP contribution in [0.2, 0.25) is 20.1 Å². The van der Waals surface area contributed by atoms with Crippen LogP contribution < -0.4 is 10.1 Å². The summed E-state index contributed by atoms with van der Waals surface area (Å²) in [5.74, 6) is 0.0646. The second-order valence-electron chi connectivity index (χ2n) is 5.68. The predicted octanol–water partition coefficient (Wildman–Crippen LogP) is 8.26. The van der Waals surface area contributed by atoms with Gasteiger partial charge in [0.2, 0.25) is 0 Å². The molecule has 1 amide bonds. The fourth-order valence-electron chi connectivity index (χ4n) is 2.30. The molecule has 150 valence electrons. The number of hydrogen-bond donors (Lipinski definition) is 2. The van der Waals surface area contributed by atoms with Gasteiger partial charge in [-0.05, 0) is 81.6 Å². The number of benzene rings is 3. The molecule has 4 nitrogen and oxygen atoms in total. The standard InChI is InChI=1S/C19H9Cl4I2NO3/c20-11-6-14(23)17(7-12(11)21)29-16-2-1-9(5-13(16)22)26-19(28)10-3-8(24)4-15(25)18(10)27/h1-7,27H,(H,26,28). The summed E-state index contributed by atoms with van der Waals surface area (Å²) in [5, 5.41) is 14.0. The fraction of sp³-hybridized carbons (Fsp3) is 0. The van der Waals surface area contributed by atoms with Gasteiger partial charge in [-0.25, -0.2) is 0 Å². The molecule has 0 atom stereocenters. The molecular weight excluding hydrogens is 686 g/mol. The highest BCUT2D eigenvalue weighted by molar-refractivity contribution is 14.1. The topological polar surface area (TPSA) is 58.6 Å². The van der Waals surface area contributed by atoms with E-state index in [-0.39, 0.29) is 32.1 Å². The van der Waals surface area contributed by atoms with Gasteiger partial charge in [-0.3, -0.25) is 4.79 Å². The molecule has 29 heavy (non-hydrogen) atoms. The minimum Gasteiger partial charge on any atom is -0.506 e. The van der Waals surface area contributed by atoms with Gasteiger partial charge in [0.15, 0.2) is 0 Å². The summed E-state index contributed by atoms with van der Waals surface area (Å²) >= 11 is 28.4. The molecule has 0 fully saturated rings. The monoisotopic (exact) mass is 693 g/mol. The van der Waals surface area contributed by atoms with Crippen LogP contribution >= 0.6 is 91.6 Å². The van der Waals surface area contributed by atoms with Crippen LogP contribution in [0.5, 0.6) is 17.2 Å². The Morgan fingerprint density at radius 2 is 1.52 bits per heavy atom. The van der Waals surface area contributed by atoms with E-state index in [0.29, 0.717) is 20.0 Å². The molecule has 3 aromatic carbocycles. The van der Waals surface area contributed by atoms with E-state index < -0.39 is 5.91 Å². The predicted molar refractivity (Wildman–Crippen MR) is 134 cm³/mol. The normalized spacial score (nSPS) is 10.7. The zero-order valence-corrected chi connectivity index (χ0v) is 21.4. The third-order valence-electron chi connectivity index (χ3n) is 3.66. The van der Waals surface area contributed by atoms with E-state index in [1.807, 2.05) is 22.6 Å². The van der Waals surface area contributed by atoms with Crippen molar-refractivity contribution in [3.05, 3.63) is 75.3 Å². The Labute approximate surface area is 213 Å². The van der Waals surface area contributed by atoms with Crippen molar-refractivity contribution in [2.75, 3.05) is 5.32 Å². The summed E-state index contributed by atoms with van der Waals surface area (Å²) in [5.41, 5.74) is 0.598. The smallest absolute Gasteiger partial charge is 0.259 e. The van der Waals surface area contributed by atoms with Gasteiger partial charge >= 0.3 is 0 Å². The van der Waals surface area contributed by atoms with E-state index >= 15 is 0 Å². The molecule has 2 N–H and O–H groups in total. The van der Waals surface area contributed by atoms with Crippen molar-refractivity contribution in [1.82, 2.24) is 0 Å². The Bertz CT molecular complexity index is 1130. The van der Waals surface area contributed by atoms with Crippen LogP contribution in [0.15, 0.2) is 42.5 Å². The van der Waals surface area contributed by atoms with Gasteiger partial charge in [0.25, 0.3) is 5.91 Å². The van der Waals surface area contributed by atoms with Gasteiger partial charge < -0.3 is 15.2 Å². The van der Waals surface area contributed by atoms with Crippen molar-refractivity contribution in [1.29, 1.82) is 0 Å². The molecule has 0 saturated carbocycles. The number of phenolic OH excluding ortho intramolecular Hbond substituents is 1. The van der Waals surface area contributed by atoms with Crippen molar-refractivity contribution in [3.8, 4) is 17.2 Å². The van der Waals surface area contributed by atoms with Gasteiger partial charge in [0, 0.05) is 15.3 Å². The molecule has 0 bridgehead atoms. The minimum atomic E-state index is -0.462. The van der Waals surface area contributed by atoms with Gasteiger partial charge in [-0.1, -0.05) is 46.4 Å². The minimum absolute atomic E-state index is 0.0798. The summed E-state index contributed by atoms with van der Waals surface area (Å²) in [6.45, 7) is 0. The molecule has 3 aromatic rings. The Morgan fingerprint density at radius 1 is 0.862 bits per heavy atom. The van der Waals surface area contributed by atoms with Gasteiger partial charge in [0.1, 0.15) is 17.2 Å². The van der Waals surface area contributed by atoms with Crippen molar-refractivity contribution in [2.45, 2.75) is 0 Å². The van der Waals surface area contributed by atoms with Crippen LogP contribution in [0.1, 0.15) is 10.4 Å². The molecule has 0 radical (unpaired) electrons. The maximum absolute atomic E-state index is 12.5. The summed E-state index contributed by atoms with van der Waals surface area (Å²) in [6.07, 6.45) is 0. The third-order valence-corrected chi connectivity index (χ3v) is 6.42. The van der Waals surface area contributed by atoms with Crippen molar-refractivity contribution < 1.29 is 14.6 Å². The van der Waals surface area contributed by atoms with Gasteiger partial charge in [-0.15, -0.1) is 0 Å². The van der Waals surface area contributed by atoms with Crippen LogP contribution in [0.4, 0.5) is 5.69 Å². The first-order valence-corrected chi connectivity index (χ1v) is 11.4. The molecule has 0 aliphatic rings. The van der Waals surface area contributed by atoms with Gasteiger partial charge in [-0.2, -0.15) is 0 Å². The Morgan fingerprint density at radius 3 is 2.21 bits per heavy atom. The van der Waals surface area contributed by atoms with Crippen molar-refractivity contribution >= 4 is 103 Å². The van der Waals surface area contributed by atoms with E-state index in [1.54, 1.807) is 24.3 Å². The highest BCUT2D eigenvalue weighted by atomic mass is 127. The fourth-order valence-corrected chi connectivity index (χ4v) is 4.94. The van der Waals surface area contributed by atoms with Crippen molar-refractivity contribution in [3.63, 3.8) is 0 Å². The average Bonchev–Trinajstić information content (AvgIpc) is 2.64. The molecule has 10 heteroatoms. The van der Waals surface area contributed by atoms with E-state index in [0.717, 1.165) is 3.57 Å². The molecule has 0 aliphatic heterocycles. The number of aromatic hydroxyl groups is 1. The zero-order chi connectivity index (χ0) is 21.3. The second kappa shape index (κ2) is 9.65. The number of rotatable bonds is 4. The molecule has 3 rings (SSSR count). The largest absolute Gasteiger partial charge is 0.506 e. The molecule has 0 spiro atoms. The maximum atomic E-state index is 12.5. The van der Waals surface area contributed by atoms with Crippen LogP contribution in [-0.2, 0) is 0 Å². The lowest BCUT2D eigenvalue weighted by Crippen LogP contribution is -2.12. The van der Waals surface area contributed by atoms with Crippen LogP contribution in [0.3, 0.4) is 0 Å². The molecular formula is C19H9Cl4I2NO3. The van der Waals surface area contributed by atoms with Crippen LogP contribution in [0, 0.1) is 7.14 Å². The summed E-state index contributed by atoms with van der Waals surface area (Å²) < 4.78 is 7.12. The van der Waals surface area contributed by atoms with E-state index in [2.05, 4.69) is 27.9 Å². The lowest BCUT2D eigenvalue weighted by Gasteiger charge is -2.12. The quantitative estimate of drug-likeness (QED) is 0.214. The summed E-state index contributed by atoms with van der Waals surface area (Å²) in [7, 11) is 0. The lowest BCUT2D eigenvalue weighted by atomic mass is 10.2. The number of anilines is 1. The zero-order valence-electron chi connectivity index (χ0n) is 14.1. The number of carbonyl (C=O) groups excluding carboxylic acids is 1. The first-order chi connectivity index (χ1) is 13.7. The number of phenols is 1. The molecule has 0 heterocycles. The maximum Gasteiger partial charge on any atom is 0.259 e. The van der Waals surface area contributed by atoms with Crippen LogP contribution in [-0.4, -0.2) is 11.0 Å². The number of halogens is 6. The summed E-state index contributed by atoms with van der Waals surface area (Å²) in [6, 6.07) is 11.0. The SMILES string of the molecule is O=C(Nc1ccc(Oc2cc(Cl)c(Cl)cc2Cl)c(Cl)c1)c1cc(I)cc(I)c1O. The molecule has 0 aromatic heterocycles. The lowest BCUT2D eigenvalue weighted by molar-refractivity contribution is 0.102. The summed E-state index contributed by atoms with van der Waals surface area (Å²) in [4.78, 5) is 12.5. The Balaban J connectivity index is 1.81. The highest BCUT2D eigenvalue weighted by Gasteiger charge is 2.16. The second-order valence-corrected chi connectivity index (χ2v) is 9.72. The highest BCUT2D eigenvalue weighted by Crippen LogP contribution is 2.39. The van der Waals surface area contributed by atoms with Crippen LogP contribution in [0.25, 0.3) is 0 Å². The van der Waals surface area contributed by atoms with E-state index in [4.69, 9.17) is 51.1 Å².